The quantitative estimate of drug-likeness (QED) is 0.801. The van der Waals surface area contributed by atoms with Gasteiger partial charge in [0.15, 0.2) is 0 Å². The maximum Gasteiger partial charge on any atom is 0.251 e. The third-order valence-electron chi connectivity index (χ3n) is 2.90. The minimum atomic E-state index is -0.119. The van der Waals surface area contributed by atoms with Gasteiger partial charge in [0.2, 0.25) is 0 Å². The van der Waals surface area contributed by atoms with Gasteiger partial charge < -0.3 is 15.2 Å². The second-order valence-electron chi connectivity index (χ2n) is 4.56. The predicted octanol–water partition coefficient (Wildman–Crippen LogP) is 1.49. The molecule has 0 fully saturated rings. The number of carbonyl (C=O) groups excluding carboxylic acids is 1. The van der Waals surface area contributed by atoms with E-state index < -0.39 is 0 Å². The number of methoxy groups -OCH3 is 1. The van der Waals surface area contributed by atoms with E-state index in [1.807, 2.05) is 26.0 Å². The minimum absolute atomic E-state index is 0.0105. The summed E-state index contributed by atoms with van der Waals surface area (Å²) in [6.07, 6.45) is 0.444. The van der Waals surface area contributed by atoms with Crippen molar-refractivity contribution in [3.05, 3.63) is 34.9 Å². The van der Waals surface area contributed by atoms with Crippen LogP contribution in [-0.4, -0.2) is 37.4 Å². The van der Waals surface area contributed by atoms with Crippen molar-refractivity contribution in [1.29, 1.82) is 0 Å². The number of ether oxygens (including phenoxy) is 1. The molecule has 0 spiro atoms. The number of aryl methyl sites for hydroxylation is 1. The van der Waals surface area contributed by atoms with E-state index in [4.69, 9.17) is 9.84 Å². The summed E-state index contributed by atoms with van der Waals surface area (Å²) in [5, 5.41) is 11.5. The third kappa shape index (κ3) is 5.04. The molecule has 0 saturated carbocycles. The molecule has 4 nitrogen and oxygen atoms in total. The molecule has 0 saturated heterocycles. The lowest BCUT2D eigenvalue weighted by Crippen LogP contribution is -2.31. The molecular weight excluding hydrogens is 254 g/mol. The number of benzene rings is 1. The van der Waals surface area contributed by atoms with Gasteiger partial charge in [-0.1, -0.05) is 11.8 Å². The number of aliphatic hydroxyl groups excluding tert-OH is 1. The molecule has 1 atom stereocenters. The molecule has 0 aliphatic rings. The number of amides is 1. The average Bonchev–Trinajstić information content (AvgIpc) is 2.46. The van der Waals surface area contributed by atoms with Crippen molar-refractivity contribution in [2.75, 3.05) is 20.3 Å². The summed E-state index contributed by atoms with van der Waals surface area (Å²) in [6, 6.07) is 5.40. The number of hydrogen-bond donors (Lipinski definition) is 2. The van der Waals surface area contributed by atoms with Crippen LogP contribution in [0.1, 0.15) is 34.8 Å². The lowest BCUT2D eigenvalue weighted by Gasteiger charge is -2.11. The Morgan fingerprint density at radius 2 is 2.25 bits per heavy atom. The summed E-state index contributed by atoms with van der Waals surface area (Å²) in [5.41, 5.74) is 2.43. The van der Waals surface area contributed by atoms with Gasteiger partial charge in [-0.3, -0.25) is 4.79 Å². The average molecular weight is 275 g/mol. The topological polar surface area (TPSA) is 58.6 Å². The molecule has 1 aromatic rings. The van der Waals surface area contributed by atoms with E-state index in [2.05, 4.69) is 17.2 Å². The van der Waals surface area contributed by atoms with Gasteiger partial charge in [-0.2, -0.15) is 0 Å². The molecule has 1 rings (SSSR count). The van der Waals surface area contributed by atoms with Gasteiger partial charge in [-0.15, -0.1) is 0 Å². The molecule has 0 radical (unpaired) electrons. The fourth-order valence-electron chi connectivity index (χ4n) is 1.58. The van der Waals surface area contributed by atoms with Crippen LogP contribution in [0.15, 0.2) is 18.2 Å². The van der Waals surface area contributed by atoms with Crippen LogP contribution in [0.4, 0.5) is 0 Å². The Hall–Kier alpha value is -1.83. The second kappa shape index (κ2) is 8.36. The monoisotopic (exact) mass is 275 g/mol. The lowest BCUT2D eigenvalue weighted by molar-refractivity contribution is 0.0870. The normalized spacial score (nSPS) is 11.4. The van der Waals surface area contributed by atoms with Crippen molar-refractivity contribution >= 4 is 5.91 Å². The van der Waals surface area contributed by atoms with Crippen LogP contribution in [0.2, 0.25) is 0 Å². The van der Waals surface area contributed by atoms with Crippen molar-refractivity contribution in [2.45, 2.75) is 26.4 Å². The third-order valence-corrected chi connectivity index (χ3v) is 2.90. The van der Waals surface area contributed by atoms with Gasteiger partial charge in [0.25, 0.3) is 5.91 Å². The van der Waals surface area contributed by atoms with E-state index in [0.717, 1.165) is 11.1 Å². The van der Waals surface area contributed by atoms with Crippen molar-refractivity contribution in [2.24, 2.45) is 0 Å². The van der Waals surface area contributed by atoms with E-state index in [1.54, 1.807) is 13.2 Å². The molecule has 0 aromatic heterocycles. The Balaban J connectivity index is 2.72. The van der Waals surface area contributed by atoms with Crippen LogP contribution in [0.3, 0.4) is 0 Å². The van der Waals surface area contributed by atoms with Gasteiger partial charge in [0.1, 0.15) is 0 Å². The van der Waals surface area contributed by atoms with Gasteiger partial charge in [0, 0.05) is 31.2 Å². The lowest BCUT2D eigenvalue weighted by atomic mass is 10.0. The van der Waals surface area contributed by atoms with Crippen LogP contribution in [0.25, 0.3) is 0 Å². The van der Waals surface area contributed by atoms with Gasteiger partial charge >= 0.3 is 0 Å². The zero-order chi connectivity index (χ0) is 15.0. The molecule has 2 N–H and O–H groups in total. The Morgan fingerprint density at radius 1 is 1.50 bits per heavy atom. The fraction of sp³-hybridized carbons (Fsp3) is 0.438. The first-order valence-electron chi connectivity index (χ1n) is 6.60. The van der Waals surface area contributed by atoms with Crippen molar-refractivity contribution < 1.29 is 14.6 Å². The molecule has 20 heavy (non-hydrogen) atoms. The first-order valence-corrected chi connectivity index (χ1v) is 6.60. The van der Waals surface area contributed by atoms with Gasteiger partial charge in [-0.05, 0) is 37.6 Å². The molecule has 1 aromatic carbocycles. The van der Waals surface area contributed by atoms with Crippen molar-refractivity contribution in [3.8, 4) is 11.8 Å². The molecule has 0 bridgehead atoms. The molecular formula is C16H21NO3. The highest BCUT2D eigenvalue weighted by molar-refractivity contribution is 5.94. The van der Waals surface area contributed by atoms with E-state index in [0.29, 0.717) is 18.5 Å². The molecule has 1 unspecified atom stereocenters. The van der Waals surface area contributed by atoms with Crippen molar-refractivity contribution in [1.82, 2.24) is 5.32 Å². The van der Waals surface area contributed by atoms with Crippen LogP contribution < -0.4 is 5.32 Å². The molecule has 1 amide bonds. The number of aliphatic hydroxyl groups is 1. The molecule has 0 heterocycles. The maximum absolute atomic E-state index is 12.0. The van der Waals surface area contributed by atoms with Crippen LogP contribution >= 0.6 is 0 Å². The predicted molar refractivity (Wildman–Crippen MR) is 78.6 cm³/mol. The SMILES string of the molecule is COC(C)CNC(=O)c1ccc(C#CCCO)c(C)c1. The number of rotatable bonds is 5. The summed E-state index contributed by atoms with van der Waals surface area (Å²) in [7, 11) is 1.61. The van der Waals surface area contributed by atoms with E-state index in [1.165, 1.54) is 0 Å². The minimum Gasteiger partial charge on any atom is -0.395 e. The maximum atomic E-state index is 12.0. The van der Waals surface area contributed by atoms with E-state index in [9.17, 15) is 4.79 Å². The number of nitrogens with one attached hydrogen (secondary N) is 1. The standard InChI is InChI=1S/C16H21NO3/c1-12-10-15(16(19)17-11-13(2)20-3)8-7-14(12)6-4-5-9-18/h7-8,10,13,18H,5,9,11H2,1-3H3,(H,17,19). The summed E-state index contributed by atoms with van der Waals surface area (Å²) >= 11 is 0. The highest BCUT2D eigenvalue weighted by atomic mass is 16.5. The summed E-state index contributed by atoms with van der Waals surface area (Å²) in [4.78, 5) is 12.0. The van der Waals surface area contributed by atoms with Crippen molar-refractivity contribution in [3.63, 3.8) is 0 Å². The fourth-order valence-corrected chi connectivity index (χ4v) is 1.58. The van der Waals surface area contributed by atoms with E-state index in [-0.39, 0.29) is 18.6 Å². The van der Waals surface area contributed by atoms with Gasteiger partial charge in [0.05, 0.1) is 12.7 Å². The highest BCUT2D eigenvalue weighted by Gasteiger charge is 2.08. The Kier molecular flexibility index (Phi) is 6.78. The highest BCUT2D eigenvalue weighted by Crippen LogP contribution is 2.10. The first kappa shape index (κ1) is 16.2. The van der Waals surface area contributed by atoms with Gasteiger partial charge in [-0.25, -0.2) is 0 Å². The van der Waals surface area contributed by atoms with E-state index >= 15 is 0 Å². The first-order chi connectivity index (χ1) is 9.58. The largest absolute Gasteiger partial charge is 0.395 e. The smallest absolute Gasteiger partial charge is 0.251 e. The van der Waals surface area contributed by atoms with Crippen LogP contribution in [0, 0.1) is 18.8 Å². The summed E-state index contributed by atoms with van der Waals surface area (Å²) < 4.78 is 5.08. The zero-order valence-corrected chi connectivity index (χ0v) is 12.2. The van der Waals surface area contributed by atoms with Crippen LogP contribution in [-0.2, 0) is 4.74 Å². The second-order valence-corrected chi connectivity index (χ2v) is 4.56. The Bertz CT molecular complexity index is 514. The molecule has 0 aliphatic carbocycles. The Morgan fingerprint density at radius 3 is 2.85 bits per heavy atom. The molecule has 4 heteroatoms. The number of hydrogen-bond acceptors (Lipinski definition) is 3. The molecule has 0 aliphatic heterocycles. The number of carbonyl (C=O) groups is 1. The summed E-state index contributed by atoms with van der Waals surface area (Å²) in [5.74, 6) is 5.73. The zero-order valence-electron chi connectivity index (χ0n) is 12.2. The Labute approximate surface area is 120 Å². The van der Waals surface area contributed by atoms with Crippen LogP contribution in [0.5, 0.6) is 0 Å². The summed E-state index contributed by atoms with van der Waals surface area (Å²) in [6.45, 7) is 4.35. The molecule has 108 valence electrons.